The number of esters is 1. The minimum Gasteiger partial charge on any atom is -0.452 e. The van der Waals surface area contributed by atoms with E-state index in [4.69, 9.17) is 16.3 Å². The Morgan fingerprint density at radius 1 is 1.07 bits per heavy atom. The molecule has 0 spiro atoms. The van der Waals surface area contributed by atoms with Crippen LogP contribution in [0.5, 0.6) is 0 Å². The fourth-order valence-electron chi connectivity index (χ4n) is 2.32. The van der Waals surface area contributed by atoms with Crippen LogP contribution in [0.3, 0.4) is 0 Å². The Balaban J connectivity index is 1.87. The van der Waals surface area contributed by atoms with Crippen molar-refractivity contribution in [3.63, 3.8) is 0 Å². The quantitative estimate of drug-likeness (QED) is 0.428. The lowest BCUT2D eigenvalue weighted by atomic mass is 10.3. The lowest BCUT2D eigenvalue weighted by Gasteiger charge is -2.14. The van der Waals surface area contributed by atoms with E-state index in [0.29, 0.717) is 10.7 Å². The number of nitrogens with one attached hydrogen (secondary N) is 2. The summed E-state index contributed by atoms with van der Waals surface area (Å²) in [5.41, 5.74) is 0.386. The maximum Gasteiger partial charge on any atom is 0.317 e. The average molecular weight is 471 g/mol. The fourth-order valence-corrected chi connectivity index (χ4v) is 4.60. The second-order valence-corrected chi connectivity index (χ2v) is 9.78. The molecule has 0 saturated heterocycles. The third-order valence-electron chi connectivity index (χ3n) is 3.68. The molecule has 0 bridgehead atoms. The molecule has 0 fully saturated rings. The first kappa shape index (κ1) is 24.2. The Labute approximate surface area is 185 Å². The first-order valence-corrected chi connectivity index (χ1v) is 11.9. The van der Waals surface area contributed by atoms with Crippen LogP contribution >= 0.6 is 23.4 Å². The van der Waals surface area contributed by atoms with Crippen molar-refractivity contribution in [2.24, 2.45) is 0 Å². The van der Waals surface area contributed by atoms with Gasteiger partial charge in [0.05, 0.1) is 15.7 Å². The van der Waals surface area contributed by atoms with Crippen LogP contribution in [0.2, 0.25) is 5.02 Å². The number of carbonyl (C=O) groups is 2. The third-order valence-corrected chi connectivity index (χ3v) is 6.85. The van der Waals surface area contributed by atoms with Crippen LogP contribution in [-0.2, 0) is 24.3 Å². The van der Waals surface area contributed by atoms with Crippen molar-refractivity contribution in [1.82, 2.24) is 4.72 Å². The Bertz CT molecular complexity index is 995. The number of sulfonamides is 1. The normalized spacial score (nSPS) is 12.4. The second kappa shape index (κ2) is 10.8. The Kier molecular flexibility index (Phi) is 8.72. The predicted molar refractivity (Wildman–Crippen MR) is 118 cm³/mol. The van der Waals surface area contributed by atoms with Crippen molar-refractivity contribution in [2.75, 3.05) is 11.1 Å². The van der Waals surface area contributed by atoms with Gasteiger partial charge in [0.25, 0.3) is 5.91 Å². The number of hydrogen-bond acceptors (Lipinski definition) is 6. The maximum atomic E-state index is 12.3. The van der Waals surface area contributed by atoms with Crippen molar-refractivity contribution >= 4 is 50.9 Å². The van der Waals surface area contributed by atoms with Gasteiger partial charge in [0.1, 0.15) is 0 Å². The van der Waals surface area contributed by atoms with Crippen LogP contribution in [-0.4, -0.2) is 38.2 Å². The summed E-state index contributed by atoms with van der Waals surface area (Å²) in [6.07, 6.45) is -1.02. The number of benzene rings is 2. The molecule has 2 rings (SSSR count). The zero-order valence-electron chi connectivity index (χ0n) is 16.7. The van der Waals surface area contributed by atoms with E-state index in [9.17, 15) is 18.0 Å². The van der Waals surface area contributed by atoms with Gasteiger partial charge in [-0.1, -0.05) is 23.7 Å². The highest BCUT2D eigenvalue weighted by atomic mass is 35.5. The van der Waals surface area contributed by atoms with Gasteiger partial charge in [-0.2, -0.15) is 0 Å². The lowest BCUT2D eigenvalue weighted by Crippen LogP contribution is -2.31. The molecule has 2 N–H and O–H groups in total. The molecule has 1 atom stereocenters. The molecule has 2 aromatic carbocycles. The average Bonchev–Trinajstić information content (AvgIpc) is 2.66. The molecule has 10 heteroatoms. The summed E-state index contributed by atoms with van der Waals surface area (Å²) in [7, 11) is -3.61. The molecule has 0 aliphatic carbocycles. The number of ether oxygens (including phenoxy) is 1. The molecule has 7 nitrogen and oxygen atoms in total. The van der Waals surface area contributed by atoms with Crippen molar-refractivity contribution in [3.05, 3.63) is 53.6 Å². The highest BCUT2D eigenvalue weighted by molar-refractivity contribution is 8.00. The molecular formula is C20H23ClN2O5S2. The van der Waals surface area contributed by atoms with Gasteiger partial charge in [0.15, 0.2) is 6.10 Å². The summed E-state index contributed by atoms with van der Waals surface area (Å²) in [4.78, 5) is 25.1. The topological polar surface area (TPSA) is 102 Å². The molecule has 0 heterocycles. The molecule has 0 aliphatic heterocycles. The Morgan fingerprint density at radius 2 is 1.70 bits per heavy atom. The first-order valence-electron chi connectivity index (χ1n) is 9.08. The van der Waals surface area contributed by atoms with E-state index < -0.39 is 28.0 Å². The highest BCUT2D eigenvalue weighted by Gasteiger charge is 2.19. The number of rotatable bonds is 9. The molecule has 2 aromatic rings. The van der Waals surface area contributed by atoms with Crippen LogP contribution in [0.4, 0.5) is 5.69 Å². The minimum atomic E-state index is -3.61. The summed E-state index contributed by atoms with van der Waals surface area (Å²) in [6, 6.07) is 12.6. The first-order chi connectivity index (χ1) is 14.1. The molecule has 1 unspecified atom stereocenters. The van der Waals surface area contributed by atoms with Crippen LogP contribution < -0.4 is 10.0 Å². The molecular weight excluding hydrogens is 448 g/mol. The summed E-state index contributed by atoms with van der Waals surface area (Å²) >= 11 is 7.26. The highest BCUT2D eigenvalue weighted by Crippen LogP contribution is 2.26. The summed E-state index contributed by atoms with van der Waals surface area (Å²) in [5, 5.41) is 3.13. The molecule has 0 aromatic heterocycles. The zero-order chi connectivity index (χ0) is 22.3. The smallest absolute Gasteiger partial charge is 0.317 e. The van der Waals surface area contributed by atoms with E-state index in [1.54, 1.807) is 32.0 Å². The van der Waals surface area contributed by atoms with Crippen molar-refractivity contribution in [3.8, 4) is 0 Å². The summed E-state index contributed by atoms with van der Waals surface area (Å²) in [6.45, 7) is 4.91. The fraction of sp³-hybridized carbons (Fsp3) is 0.300. The van der Waals surface area contributed by atoms with E-state index in [2.05, 4.69) is 10.0 Å². The molecule has 0 saturated carbocycles. The van der Waals surface area contributed by atoms with Gasteiger partial charge in [0.2, 0.25) is 10.0 Å². The van der Waals surface area contributed by atoms with Gasteiger partial charge < -0.3 is 10.1 Å². The van der Waals surface area contributed by atoms with Gasteiger partial charge in [-0.05, 0) is 57.2 Å². The number of hydrogen-bond donors (Lipinski definition) is 2. The molecule has 0 aliphatic rings. The molecule has 1 amide bonds. The second-order valence-electron chi connectivity index (χ2n) is 6.64. The van der Waals surface area contributed by atoms with E-state index in [1.165, 1.54) is 43.0 Å². The van der Waals surface area contributed by atoms with Crippen molar-refractivity contribution < 1.29 is 22.7 Å². The summed E-state index contributed by atoms with van der Waals surface area (Å²) in [5.74, 6) is -1.07. The minimum absolute atomic E-state index is 0.0107. The third kappa shape index (κ3) is 7.32. The number of halogens is 1. The number of anilines is 1. The van der Waals surface area contributed by atoms with Gasteiger partial charge in [-0.25, -0.2) is 13.1 Å². The predicted octanol–water partition coefficient (Wildman–Crippen LogP) is 3.69. The van der Waals surface area contributed by atoms with Gasteiger partial charge >= 0.3 is 5.97 Å². The monoisotopic (exact) mass is 470 g/mol. The number of amides is 1. The van der Waals surface area contributed by atoms with E-state index in [-0.39, 0.29) is 16.7 Å². The molecule has 30 heavy (non-hydrogen) atoms. The molecule has 0 radical (unpaired) electrons. The van der Waals surface area contributed by atoms with Crippen LogP contribution in [0.1, 0.15) is 20.8 Å². The Hall–Kier alpha value is -2.07. The maximum absolute atomic E-state index is 12.3. The van der Waals surface area contributed by atoms with Crippen LogP contribution in [0.15, 0.2) is 58.3 Å². The van der Waals surface area contributed by atoms with Gasteiger partial charge in [-0.3, -0.25) is 9.59 Å². The number of carbonyl (C=O) groups excluding carboxylic acids is 2. The summed E-state index contributed by atoms with van der Waals surface area (Å²) < 4.78 is 31.9. The van der Waals surface area contributed by atoms with Crippen LogP contribution in [0, 0.1) is 0 Å². The SMILES string of the molecule is CC(C)NS(=O)(=O)c1ccc(NC(=O)C(C)OC(=O)CSc2ccccc2Cl)cc1. The number of thioether (sulfide) groups is 1. The lowest BCUT2D eigenvalue weighted by molar-refractivity contribution is -0.150. The zero-order valence-corrected chi connectivity index (χ0v) is 19.1. The molecule has 162 valence electrons. The standard InChI is InChI=1S/C20H23ClN2O5S2/c1-13(2)23-30(26,27)16-10-8-15(9-11-16)22-20(25)14(3)28-19(24)12-29-18-7-5-4-6-17(18)21/h4-11,13-14,23H,12H2,1-3H3,(H,22,25). The van der Waals surface area contributed by atoms with Crippen molar-refractivity contribution in [2.45, 2.75) is 42.7 Å². The van der Waals surface area contributed by atoms with Crippen molar-refractivity contribution in [1.29, 1.82) is 0 Å². The largest absolute Gasteiger partial charge is 0.452 e. The Morgan fingerprint density at radius 3 is 2.30 bits per heavy atom. The van der Waals surface area contributed by atoms with E-state index in [0.717, 1.165) is 4.90 Å². The van der Waals surface area contributed by atoms with Crippen LogP contribution in [0.25, 0.3) is 0 Å². The van der Waals surface area contributed by atoms with Gasteiger partial charge in [-0.15, -0.1) is 11.8 Å². The van der Waals surface area contributed by atoms with E-state index in [1.807, 2.05) is 6.07 Å². The van der Waals surface area contributed by atoms with Gasteiger partial charge in [0, 0.05) is 16.6 Å². The van der Waals surface area contributed by atoms with E-state index >= 15 is 0 Å².